The Hall–Kier alpha value is -1.58. The van der Waals surface area contributed by atoms with Gasteiger partial charge in [-0.15, -0.1) is 0 Å². The molecule has 4 nitrogen and oxygen atoms in total. The van der Waals surface area contributed by atoms with E-state index in [9.17, 15) is 9.59 Å². The number of ether oxygens (including phenoxy) is 2. The lowest BCUT2D eigenvalue weighted by Gasteiger charge is -2.25. The molecule has 0 aromatic rings. The summed E-state index contributed by atoms with van der Waals surface area (Å²) in [7, 11) is 0. The minimum absolute atomic E-state index is 0.167. The molecule has 0 N–H and O–H groups in total. The fourth-order valence-electron chi connectivity index (χ4n) is 1.07. The molecule has 0 spiro atoms. The molecule has 0 aliphatic heterocycles. The van der Waals surface area contributed by atoms with Crippen LogP contribution >= 0.6 is 0 Å². The van der Waals surface area contributed by atoms with Crippen LogP contribution in [0.15, 0.2) is 25.5 Å². The zero-order valence-corrected chi connectivity index (χ0v) is 9.82. The van der Waals surface area contributed by atoms with Gasteiger partial charge in [-0.25, -0.2) is 4.79 Å². The number of hydrogen-bond donors (Lipinski definition) is 0. The van der Waals surface area contributed by atoms with Crippen molar-refractivity contribution in [2.24, 2.45) is 5.41 Å². The third-order valence-electron chi connectivity index (χ3n) is 2.37. The van der Waals surface area contributed by atoms with E-state index >= 15 is 0 Å². The summed E-state index contributed by atoms with van der Waals surface area (Å²) >= 11 is 0. The van der Waals surface area contributed by atoms with E-state index in [1.807, 2.05) is 13.8 Å². The van der Waals surface area contributed by atoms with Crippen molar-refractivity contribution in [3.8, 4) is 0 Å². The van der Waals surface area contributed by atoms with Gasteiger partial charge in [0.1, 0.15) is 0 Å². The predicted molar refractivity (Wildman–Crippen MR) is 60.5 cm³/mol. The smallest absolute Gasteiger partial charge is 0.330 e. The van der Waals surface area contributed by atoms with E-state index in [2.05, 4.69) is 17.9 Å². The summed E-state index contributed by atoms with van der Waals surface area (Å²) in [5.41, 5.74) is -0.418. The van der Waals surface area contributed by atoms with Gasteiger partial charge in [0.15, 0.2) is 0 Å². The summed E-state index contributed by atoms with van der Waals surface area (Å²) in [6.07, 6.45) is 3.07. The van der Waals surface area contributed by atoms with E-state index in [0.717, 1.165) is 12.3 Å². The van der Waals surface area contributed by atoms with E-state index in [4.69, 9.17) is 4.74 Å². The number of rotatable bonds is 7. The van der Waals surface area contributed by atoms with Crippen molar-refractivity contribution in [3.63, 3.8) is 0 Å². The Morgan fingerprint density at radius 2 is 2.00 bits per heavy atom. The zero-order valence-electron chi connectivity index (χ0n) is 9.82. The van der Waals surface area contributed by atoms with Gasteiger partial charge in [0.25, 0.3) is 0 Å². The molecule has 0 saturated carbocycles. The molecule has 16 heavy (non-hydrogen) atoms. The van der Waals surface area contributed by atoms with Crippen LogP contribution in [-0.2, 0) is 19.1 Å². The van der Waals surface area contributed by atoms with Gasteiger partial charge < -0.3 is 9.47 Å². The van der Waals surface area contributed by atoms with Crippen LogP contribution in [0.2, 0.25) is 0 Å². The second-order valence-electron chi connectivity index (χ2n) is 3.81. The van der Waals surface area contributed by atoms with E-state index in [1.165, 1.54) is 0 Å². The van der Waals surface area contributed by atoms with Gasteiger partial charge in [-0.1, -0.05) is 27.0 Å². The molecule has 0 amide bonds. The van der Waals surface area contributed by atoms with Crippen molar-refractivity contribution in [2.45, 2.75) is 26.7 Å². The largest absolute Gasteiger partial charge is 0.462 e. The maximum Gasteiger partial charge on any atom is 0.330 e. The third kappa shape index (κ3) is 5.34. The monoisotopic (exact) mass is 226 g/mol. The molecule has 0 saturated heterocycles. The first kappa shape index (κ1) is 14.4. The van der Waals surface area contributed by atoms with Crippen LogP contribution < -0.4 is 0 Å². The summed E-state index contributed by atoms with van der Waals surface area (Å²) in [5, 5.41) is 0. The number of hydrogen-bond acceptors (Lipinski definition) is 4. The maximum atomic E-state index is 11.3. The van der Waals surface area contributed by atoms with Crippen LogP contribution in [0.5, 0.6) is 0 Å². The molecule has 1 unspecified atom stereocenters. The summed E-state index contributed by atoms with van der Waals surface area (Å²) in [4.78, 5) is 22.2. The Kier molecular flexibility index (Phi) is 6.15. The molecule has 1 atom stereocenters. The van der Waals surface area contributed by atoms with Crippen molar-refractivity contribution < 1.29 is 19.1 Å². The average Bonchev–Trinajstić information content (AvgIpc) is 2.26. The fraction of sp³-hybridized carbons (Fsp3) is 0.500. The van der Waals surface area contributed by atoms with E-state index in [0.29, 0.717) is 6.42 Å². The first-order valence-electron chi connectivity index (χ1n) is 5.07. The minimum atomic E-state index is -0.489. The highest BCUT2D eigenvalue weighted by Crippen LogP contribution is 2.26. The zero-order chi connectivity index (χ0) is 12.6. The molecule has 0 aliphatic carbocycles. The summed E-state index contributed by atoms with van der Waals surface area (Å²) < 4.78 is 9.57. The van der Waals surface area contributed by atoms with Crippen molar-refractivity contribution in [2.75, 3.05) is 6.61 Å². The van der Waals surface area contributed by atoms with Crippen LogP contribution in [0, 0.1) is 5.41 Å². The number of carbonyl (C=O) groups excluding carboxylic acids is 2. The Morgan fingerprint density at radius 1 is 1.38 bits per heavy atom. The second kappa shape index (κ2) is 6.82. The SMILES string of the molecule is C=COC(=O)CC(C)(CC)COC(=O)C=C. The average molecular weight is 226 g/mol. The molecule has 90 valence electrons. The molecule has 0 radical (unpaired) electrons. The van der Waals surface area contributed by atoms with Gasteiger partial charge in [0, 0.05) is 11.5 Å². The van der Waals surface area contributed by atoms with Crippen LogP contribution in [0.1, 0.15) is 26.7 Å². The lowest BCUT2D eigenvalue weighted by Crippen LogP contribution is -2.27. The quantitative estimate of drug-likeness (QED) is 0.379. The van der Waals surface area contributed by atoms with Crippen molar-refractivity contribution >= 4 is 11.9 Å². The van der Waals surface area contributed by atoms with Gasteiger partial charge in [0.05, 0.1) is 19.3 Å². The second-order valence-corrected chi connectivity index (χ2v) is 3.81. The molecule has 4 heteroatoms. The molecular weight excluding hydrogens is 208 g/mol. The van der Waals surface area contributed by atoms with Crippen molar-refractivity contribution in [1.29, 1.82) is 0 Å². The highest BCUT2D eigenvalue weighted by atomic mass is 16.5. The Labute approximate surface area is 95.9 Å². The molecule has 0 bridgehead atoms. The van der Waals surface area contributed by atoms with Gasteiger partial charge in [0.2, 0.25) is 0 Å². The number of esters is 2. The van der Waals surface area contributed by atoms with Crippen LogP contribution in [0.3, 0.4) is 0 Å². The third-order valence-corrected chi connectivity index (χ3v) is 2.37. The van der Waals surface area contributed by atoms with Crippen molar-refractivity contribution in [1.82, 2.24) is 0 Å². The molecule has 0 aromatic heterocycles. The molecule has 0 fully saturated rings. The van der Waals surface area contributed by atoms with Crippen molar-refractivity contribution in [3.05, 3.63) is 25.5 Å². The first-order valence-corrected chi connectivity index (χ1v) is 5.07. The molecule has 0 rings (SSSR count). The highest BCUT2D eigenvalue weighted by Gasteiger charge is 2.28. The van der Waals surface area contributed by atoms with E-state index in [-0.39, 0.29) is 19.0 Å². The van der Waals surface area contributed by atoms with Crippen LogP contribution in [-0.4, -0.2) is 18.5 Å². The van der Waals surface area contributed by atoms with Gasteiger partial charge >= 0.3 is 11.9 Å². The number of carbonyl (C=O) groups is 2. The predicted octanol–water partition coefficient (Wildman–Crippen LogP) is 2.21. The van der Waals surface area contributed by atoms with Gasteiger partial charge in [-0.05, 0) is 6.42 Å². The fourth-order valence-corrected chi connectivity index (χ4v) is 1.07. The van der Waals surface area contributed by atoms with Gasteiger partial charge in [-0.3, -0.25) is 4.79 Å². The molecule has 0 aromatic carbocycles. The van der Waals surface area contributed by atoms with Gasteiger partial charge in [-0.2, -0.15) is 0 Å². The Morgan fingerprint density at radius 3 is 2.44 bits per heavy atom. The molecular formula is C12H18O4. The topological polar surface area (TPSA) is 52.6 Å². The maximum absolute atomic E-state index is 11.3. The normalized spacial score (nSPS) is 13.4. The van der Waals surface area contributed by atoms with E-state index < -0.39 is 11.4 Å². The molecule has 0 heterocycles. The highest BCUT2D eigenvalue weighted by molar-refractivity contribution is 5.81. The van der Waals surface area contributed by atoms with E-state index in [1.54, 1.807) is 0 Å². The minimum Gasteiger partial charge on any atom is -0.462 e. The molecule has 0 aliphatic rings. The van der Waals surface area contributed by atoms with Crippen LogP contribution in [0.4, 0.5) is 0 Å². The lowest BCUT2D eigenvalue weighted by molar-refractivity contribution is -0.147. The Bertz CT molecular complexity index is 283. The summed E-state index contributed by atoms with van der Waals surface area (Å²) in [5.74, 6) is -0.870. The lowest BCUT2D eigenvalue weighted by atomic mass is 9.85. The standard InChI is InChI=1S/C12H18O4/c1-5-10(13)16-9-12(4,6-2)8-11(14)15-7-3/h5,7H,1,3,6,8-9H2,2,4H3. The van der Waals surface area contributed by atoms with Crippen LogP contribution in [0.25, 0.3) is 0 Å². The summed E-state index contributed by atoms with van der Waals surface area (Å²) in [6.45, 7) is 10.5. The first-order chi connectivity index (χ1) is 7.47. The summed E-state index contributed by atoms with van der Waals surface area (Å²) in [6, 6.07) is 0. The Balaban J connectivity index is 4.29.